The molecule has 0 saturated heterocycles. The van der Waals surface area contributed by atoms with Crippen molar-refractivity contribution in [2.75, 3.05) is 33.1 Å². The highest BCUT2D eigenvalue weighted by Crippen LogP contribution is 2.20. The average molecular weight is 260 g/mol. The summed E-state index contributed by atoms with van der Waals surface area (Å²) in [5.74, 6) is 0. The van der Waals surface area contributed by atoms with E-state index < -0.39 is 0 Å². The number of benzene rings is 1. The Labute approximate surface area is 114 Å². The molecule has 1 aliphatic heterocycles. The van der Waals surface area contributed by atoms with E-state index in [9.17, 15) is 0 Å². The van der Waals surface area contributed by atoms with Gasteiger partial charge in [-0.2, -0.15) is 15.2 Å². The molecule has 1 aromatic carbocycles. The summed E-state index contributed by atoms with van der Waals surface area (Å²) in [6.45, 7) is 2.12. The van der Waals surface area contributed by atoms with Crippen molar-refractivity contribution in [3.05, 3.63) is 24.3 Å². The zero-order chi connectivity index (χ0) is 14.0. The van der Waals surface area contributed by atoms with Gasteiger partial charge in [0.2, 0.25) is 6.17 Å². The van der Waals surface area contributed by atoms with E-state index in [1.807, 2.05) is 33.3 Å². The highest BCUT2D eigenvalue weighted by Gasteiger charge is 2.31. The average Bonchev–Trinajstić information content (AvgIpc) is 2.64. The van der Waals surface area contributed by atoms with Crippen LogP contribution >= 0.6 is 0 Å². The Bertz CT molecular complexity index is 501. The molecule has 19 heavy (non-hydrogen) atoms. The van der Waals surface area contributed by atoms with E-state index in [4.69, 9.17) is 0 Å². The number of hydrogen-bond acceptors (Lipinski definition) is 4. The SMILES string of the molecule is CC1=[N+](C)N(C)C(N=Nc2ccc(N(C)C)cc2)C1. The minimum Gasteiger partial charge on any atom is -0.378 e. The monoisotopic (exact) mass is 260 g/mol. The number of anilines is 1. The van der Waals surface area contributed by atoms with Gasteiger partial charge in [-0.15, -0.1) is 4.68 Å². The van der Waals surface area contributed by atoms with Gasteiger partial charge in [0.25, 0.3) is 0 Å². The number of hydrazone groups is 1. The molecule has 5 heteroatoms. The topological polar surface area (TPSA) is 34.2 Å². The van der Waals surface area contributed by atoms with E-state index in [-0.39, 0.29) is 6.17 Å². The van der Waals surface area contributed by atoms with Crippen molar-refractivity contribution < 1.29 is 4.68 Å². The Morgan fingerprint density at radius 1 is 1.26 bits per heavy atom. The number of hydrogen-bond donors (Lipinski definition) is 0. The van der Waals surface area contributed by atoms with Gasteiger partial charge in [0.05, 0.1) is 19.2 Å². The zero-order valence-corrected chi connectivity index (χ0v) is 12.3. The van der Waals surface area contributed by atoms with E-state index in [0.717, 1.165) is 12.1 Å². The lowest BCUT2D eigenvalue weighted by Gasteiger charge is -2.12. The molecule has 0 radical (unpaired) electrons. The van der Waals surface area contributed by atoms with Crippen LogP contribution in [0.1, 0.15) is 13.3 Å². The van der Waals surface area contributed by atoms with Crippen LogP contribution in [0.2, 0.25) is 0 Å². The van der Waals surface area contributed by atoms with Gasteiger partial charge in [-0.05, 0) is 24.3 Å². The summed E-state index contributed by atoms with van der Waals surface area (Å²) in [7, 11) is 8.14. The molecule has 0 aromatic heterocycles. The van der Waals surface area contributed by atoms with Crippen LogP contribution in [0.4, 0.5) is 11.4 Å². The van der Waals surface area contributed by atoms with Crippen molar-refractivity contribution >= 4 is 17.1 Å². The third-order valence-corrected chi connectivity index (χ3v) is 3.61. The second-order valence-corrected chi connectivity index (χ2v) is 5.14. The van der Waals surface area contributed by atoms with Gasteiger partial charge in [0, 0.05) is 26.7 Å². The van der Waals surface area contributed by atoms with E-state index in [2.05, 4.69) is 50.9 Å². The second-order valence-electron chi connectivity index (χ2n) is 5.14. The van der Waals surface area contributed by atoms with Crippen LogP contribution in [0.25, 0.3) is 0 Å². The maximum absolute atomic E-state index is 4.42. The van der Waals surface area contributed by atoms with Gasteiger partial charge >= 0.3 is 0 Å². The van der Waals surface area contributed by atoms with Crippen LogP contribution in [0, 0.1) is 0 Å². The summed E-state index contributed by atoms with van der Waals surface area (Å²) in [5.41, 5.74) is 3.38. The lowest BCUT2D eigenvalue weighted by atomic mass is 10.2. The first-order chi connectivity index (χ1) is 8.99. The van der Waals surface area contributed by atoms with Crippen molar-refractivity contribution in [3.8, 4) is 0 Å². The molecule has 5 nitrogen and oxygen atoms in total. The highest BCUT2D eigenvalue weighted by molar-refractivity contribution is 5.78. The molecule has 0 aliphatic carbocycles. The molecular weight excluding hydrogens is 238 g/mol. The van der Waals surface area contributed by atoms with E-state index >= 15 is 0 Å². The van der Waals surface area contributed by atoms with Crippen LogP contribution < -0.4 is 4.90 Å². The standard InChI is InChI=1S/C14H22N5/c1-11-10-14(19(5)18(11)4)16-15-12-6-8-13(9-7-12)17(2)3/h6-9,14H,10H2,1-5H3/q+1. The molecule has 1 aromatic rings. The summed E-state index contributed by atoms with van der Waals surface area (Å²) in [6.07, 6.45) is 1.05. The van der Waals surface area contributed by atoms with Crippen LogP contribution in [0.15, 0.2) is 34.5 Å². The van der Waals surface area contributed by atoms with E-state index in [1.165, 1.54) is 11.4 Å². The van der Waals surface area contributed by atoms with Gasteiger partial charge in [-0.3, -0.25) is 0 Å². The van der Waals surface area contributed by atoms with Gasteiger partial charge in [-0.25, -0.2) is 0 Å². The Morgan fingerprint density at radius 2 is 1.89 bits per heavy atom. The first kappa shape index (κ1) is 13.5. The Kier molecular flexibility index (Phi) is 3.83. The Hall–Kier alpha value is -1.91. The molecule has 102 valence electrons. The van der Waals surface area contributed by atoms with Crippen molar-refractivity contribution in [3.63, 3.8) is 0 Å². The zero-order valence-electron chi connectivity index (χ0n) is 12.3. The summed E-state index contributed by atoms with van der Waals surface area (Å²) < 4.78 is 2.12. The molecular formula is C14H22N5+. The number of azo groups is 1. The van der Waals surface area contributed by atoms with Crippen LogP contribution in [-0.2, 0) is 0 Å². The molecule has 2 rings (SSSR count). The normalized spacial score (nSPS) is 19.6. The molecule has 1 atom stereocenters. The molecule has 0 spiro atoms. The first-order valence-electron chi connectivity index (χ1n) is 6.46. The Balaban J connectivity index is 2.04. The van der Waals surface area contributed by atoms with Gasteiger partial charge < -0.3 is 4.90 Å². The minimum atomic E-state index is 0.110. The summed E-state index contributed by atoms with van der Waals surface area (Å²) in [6, 6.07) is 8.09. The number of hydrazine groups is 1. The smallest absolute Gasteiger partial charge is 0.202 e. The van der Waals surface area contributed by atoms with Crippen molar-refractivity contribution in [2.24, 2.45) is 10.2 Å². The molecule has 1 heterocycles. The molecule has 0 bridgehead atoms. The van der Waals surface area contributed by atoms with Gasteiger partial charge in [0.15, 0.2) is 12.8 Å². The second kappa shape index (κ2) is 5.38. The number of nitrogens with zero attached hydrogens (tertiary/aromatic N) is 5. The summed E-state index contributed by atoms with van der Waals surface area (Å²) in [4.78, 5) is 2.07. The number of rotatable bonds is 3. The predicted octanol–water partition coefficient (Wildman–Crippen LogP) is 2.52. The fourth-order valence-electron chi connectivity index (χ4n) is 2.06. The maximum atomic E-state index is 4.42. The fourth-order valence-corrected chi connectivity index (χ4v) is 2.06. The van der Waals surface area contributed by atoms with Crippen LogP contribution in [-0.4, -0.2) is 49.8 Å². The minimum absolute atomic E-state index is 0.110. The van der Waals surface area contributed by atoms with Crippen LogP contribution in [0.5, 0.6) is 0 Å². The van der Waals surface area contributed by atoms with Crippen molar-refractivity contribution in [2.45, 2.75) is 19.5 Å². The lowest BCUT2D eigenvalue weighted by molar-refractivity contribution is -0.659. The Morgan fingerprint density at radius 3 is 2.37 bits per heavy atom. The van der Waals surface area contributed by atoms with Gasteiger partial charge in [-0.1, -0.05) is 0 Å². The summed E-state index contributed by atoms with van der Waals surface area (Å²) in [5, 5.41) is 10.9. The third kappa shape index (κ3) is 2.92. The lowest BCUT2D eigenvalue weighted by Crippen LogP contribution is -2.30. The fraction of sp³-hybridized carbons (Fsp3) is 0.500. The van der Waals surface area contributed by atoms with E-state index in [0.29, 0.717) is 0 Å². The van der Waals surface area contributed by atoms with Gasteiger partial charge in [0.1, 0.15) is 0 Å². The maximum Gasteiger partial charge on any atom is 0.202 e. The largest absolute Gasteiger partial charge is 0.378 e. The third-order valence-electron chi connectivity index (χ3n) is 3.61. The summed E-state index contributed by atoms with van der Waals surface area (Å²) >= 11 is 0. The van der Waals surface area contributed by atoms with Crippen molar-refractivity contribution in [1.29, 1.82) is 0 Å². The molecule has 1 unspecified atom stereocenters. The molecule has 0 N–H and O–H groups in total. The molecule has 0 fully saturated rings. The van der Waals surface area contributed by atoms with E-state index in [1.54, 1.807) is 0 Å². The highest BCUT2D eigenvalue weighted by atomic mass is 15.6. The molecule has 0 saturated carbocycles. The quantitative estimate of drug-likeness (QED) is 0.618. The first-order valence-corrected chi connectivity index (χ1v) is 6.46. The van der Waals surface area contributed by atoms with Crippen LogP contribution in [0.3, 0.4) is 0 Å². The molecule has 1 aliphatic rings. The van der Waals surface area contributed by atoms with Crippen molar-refractivity contribution in [1.82, 2.24) is 5.01 Å². The predicted molar refractivity (Wildman–Crippen MR) is 78.3 cm³/mol. The molecule has 0 amide bonds.